The molecule has 2 atom stereocenters. The molecular formula is C22H26N2O3. The molecule has 27 heavy (non-hydrogen) atoms. The first-order valence-corrected chi connectivity index (χ1v) is 9.67. The Balaban J connectivity index is 1.44. The van der Waals surface area contributed by atoms with Gasteiger partial charge in [-0.1, -0.05) is 30.3 Å². The van der Waals surface area contributed by atoms with Crippen LogP contribution in [0.15, 0.2) is 54.6 Å². The third-order valence-electron chi connectivity index (χ3n) is 5.40. The summed E-state index contributed by atoms with van der Waals surface area (Å²) < 4.78 is 11.3. The minimum atomic E-state index is 0.0829. The van der Waals surface area contributed by atoms with Crippen molar-refractivity contribution in [2.75, 3.05) is 39.5 Å². The Morgan fingerprint density at radius 2 is 1.85 bits per heavy atom. The lowest BCUT2D eigenvalue weighted by atomic mass is 10.00. The fraction of sp³-hybridized carbons (Fsp3) is 0.409. The van der Waals surface area contributed by atoms with E-state index in [1.54, 1.807) is 0 Å². The Labute approximate surface area is 160 Å². The van der Waals surface area contributed by atoms with Gasteiger partial charge in [0, 0.05) is 25.2 Å². The van der Waals surface area contributed by atoms with E-state index in [9.17, 15) is 4.79 Å². The van der Waals surface area contributed by atoms with Crippen LogP contribution in [0, 0.1) is 0 Å². The van der Waals surface area contributed by atoms with Crippen LogP contribution in [-0.4, -0.2) is 61.2 Å². The minimum absolute atomic E-state index is 0.0829. The number of fused-ring (bicyclic) bond motifs is 1. The fourth-order valence-corrected chi connectivity index (χ4v) is 4.03. The molecule has 0 aliphatic carbocycles. The first-order valence-electron chi connectivity index (χ1n) is 9.67. The van der Waals surface area contributed by atoms with Crippen molar-refractivity contribution in [1.82, 2.24) is 9.80 Å². The number of hydrogen-bond donors (Lipinski definition) is 0. The SMILES string of the molecule is CCOc1ccc(C(=O)N2CCN3[C@@H](COC[C@@H]3c3ccccc3)C2)cc1. The smallest absolute Gasteiger partial charge is 0.253 e. The van der Waals surface area contributed by atoms with Gasteiger partial charge < -0.3 is 14.4 Å². The van der Waals surface area contributed by atoms with Crippen molar-refractivity contribution in [3.05, 3.63) is 65.7 Å². The summed E-state index contributed by atoms with van der Waals surface area (Å²) in [5.41, 5.74) is 2.00. The highest BCUT2D eigenvalue weighted by Gasteiger charge is 2.37. The molecule has 5 nitrogen and oxygen atoms in total. The number of morpholine rings is 1. The maximum Gasteiger partial charge on any atom is 0.253 e. The van der Waals surface area contributed by atoms with Crippen molar-refractivity contribution in [3.8, 4) is 5.75 Å². The standard InChI is InChI=1S/C22H26N2O3/c1-2-27-20-10-8-18(9-11-20)22(25)23-12-13-24-19(14-23)15-26-16-21(24)17-6-4-3-5-7-17/h3-11,19,21H,2,12-16H2,1H3/t19-,21-/m1/s1. The Morgan fingerprint density at radius 1 is 1.07 bits per heavy atom. The van der Waals surface area contributed by atoms with Gasteiger partial charge in [0.05, 0.1) is 31.9 Å². The molecule has 2 aromatic carbocycles. The first-order chi connectivity index (χ1) is 13.3. The maximum absolute atomic E-state index is 12.9. The van der Waals surface area contributed by atoms with E-state index >= 15 is 0 Å². The fourth-order valence-electron chi connectivity index (χ4n) is 4.03. The highest BCUT2D eigenvalue weighted by atomic mass is 16.5. The van der Waals surface area contributed by atoms with Crippen LogP contribution >= 0.6 is 0 Å². The lowest BCUT2D eigenvalue weighted by Crippen LogP contribution is -2.60. The molecule has 142 valence electrons. The summed E-state index contributed by atoms with van der Waals surface area (Å²) in [7, 11) is 0. The predicted octanol–water partition coefficient (Wildman–Crippen LogP) is 2.98. The molecular weight excluding hydrogens is 340 g/mol. The van der Waals surface area contributed by atoms with Crippen molar-refractivity contribution in [3.63, 3.8) is 0 Å². The monoisotopic (exact) mass is 366 g/mol. The highest BCUT2D eigenvalue weighted by molar-refractivity contribution is 5.94. The molecule has 0 spiro atoms. The van der Waals surface area contributed by atoms with Gasteiger partial charge in [0.25, 0.3) is 5.91 Å². The van der Waals surface area contributed by atoms with Crippen LogP contribution in [0.25, 0.3) is 0 Å². The molecule has 2 heterocycles. The molecule has 0 bridgehead atoms. The quantitative estimate of drug-likeness (QED) is 0.834. The summed E-state index contributed by atoms with van der Waals surface area (Å²) in [6.45, 7) is 6.29. The Morgan fingerprint density at radius 3 is 2.59 bits per heavy atom. The second-order valence-corrected chi connectivity index (χ2v) is 7.06. The zero-order valence-corrected chi connectivity index (χ0v) is 15.7. The van der Waals surface area contributed by atoms with E-state index < -0.39 is 0 Å². The normalized spacial score (nSPS) is 22.9. The predicted molar refractivity (Wildman–Crippen MR) is 104 cm³/mol. The van der Waals surface area contributed by atoms with Gasteiger partial charge in [-0.2, -0.15) is 0 Å². The molecule has 2 aliphatic heterocycles. The number of benzene rings is 2. The van der Waals surface area contributed by atoms with Crippen molar-refractivity contribution >= 4 is 5.91 Å². The van der Waals surface area contributed by atoms with Crippen LogP contribution in [0.2, 0.25) is 0 Å². The third kappa shape index (κ3) is 3.84. The van der Waals surface area contributed by atoms with E-state index in [0.717, 1.165) is 18.8 Å². The molecule has 2 saturated heterocycles. The van der Waals surface area contributed by atoms with E-state index in [4.69, 9.17) is 9.47 Å². The van der Waals surface area contributed by atoms with E-state index in [1.165, 1.54) is 5.56 Å². The van der Waals surface area contributed by atoms with Gasteiger partial charge in [-0.15, -0.1) is 0 Å². The molecule has 0 saturated carbocycles. The van der Waals surface area contributed by atoms with Gasteiger partial charge in [-0.3, -0.25) is 9.69 Å². The van der Waals surface area contributed by atoms with Crippen LogP contribution in [0.3, 0.4) is 0 Å². The Bertz CT molecular complexity index is 763. The number of ether oxygens (including phenoxy) is 2. The molecule has 2 aromatic rings. The topological polar surface area (TPSA) is 42.0 Å². The number of carbonyl (C=O) groups excluding carboxylic acids is 1. The average Bonchev–Trinajstić information content (AvgIpc) is 2.74. The number of rotatable bonds is 4. The van der Waals surface area contributed by atoms with Crippen LogP contribution in [0.1, 0.15) is 28.9 Å². The Hall–Kier alpha value is -2.37. The number of amides is 1. The number of carbonyl (C=O) groups is 1. The molecule has 0 aromatic heterocycles. The molecule has 1 amide bonds. The Kier molecular flexibility index (Phi) is 5.41. The number of nitrogens with zero attached hydrogens (tertiary/aromatic N) is 2. The van der Waals surface area contributed by atoms with Gasteiger partial charge in [-0.25, -0.2) is 0 Å². The molecule has 4 rings (SSSR count). The van der Waals surface area contributed by atoms with Gasteiger partial charge in [0.15, 0.2) is 0 Å². The van der Waals surface area contributed by atoms with Crippen LogP contribution in [0.5, 0.6) is 5.75 Å². The molecule has 0 N–H and O–H groups in total. The summed E-state index contributed by atoms with van der Waals surface area (Å²) in [6, 6.07) is 18.4. The second-order valence-electron chi connectivity index (χ2n) is 7.06. The van der Waals surface area contributed by atoms with E-state index in [2.05, 4.69) is 29.2 Å². The highest BCUT2D eigenvalue weighted by Crippen LogP contribution is 2.30. The van der Waals surface area contributed by atoms with Gasteiger partial charge in [0.2, 0.25) is 0 Å². The van der Waals surface area contributed by atoms with Gasteiger partial charge in [-0.05, 0) is 36.8 Å². The average molecular weight is 366 g/mol. The molecule has 2 fully saturated rings. The summed E-state index contributed by atoms with van der Waals surface area (Å²) >= 11 is 0. The van der Waals surface area contributed by atoms with Crippen molar-refractivity contribution in [2.24, 2.45) is 0 Å². The maximum atomic E-state index is 12.9. The van der Waals surface area contributed by atoms with E-state index in [1.807, 2.05) is 42.2 Å². The van der Waals surface area contributed by atoms with E-state index in [0.29, 0.717) is 31.9 Å². The largest absolute Gasteiger partial charge is 0.494 e. The summed E-state index contributed by atoms with van der Waals surface area (Å²) in [6.07, 6.45) is 0. The van der Waals surface area contributed by atoms with Crippen molar-refractivity contribution in [1.29, 1.82) is 0 Å². The number of hydrogen-bond acceptors (Lipinski definition) is 4. The zero-order valence-electron chi connectivity index (χ0n) is 15.7. The number of piperazine rings is 1. The first kappa shape index (κ1) is 18.0. The van der Waals surface area contributed by atoms with Crippen LogP contribution in [0.4, 0.5) is 0 Å². The van der Waals surface area contributed by atoms with Gasteiger partial charge in [0.1, 0.15) is 5.75 Å². The van der Waals surface area contributed by atoms with Gasteiger partial charge >= 0.3 is 0 Å². The van der Waals surface area contributed by atoms with E-state index in [-0.39, 0.29) is 18.0 Å². The summed E-state index contributed by atoms with van der Waals surface area (Å²) in [5, 5.41) is 0. The summed E-state index contributed by atoms with van der Waals surface area (Å²) in [4.78, 5) is 17.4. The lowest BCUT2D eigenvalue weighted by Gasteiger charge is -2.48. The lowest BCUT2D eigenvalue weighted by molar-refractivity contribution is -0.0770. The van der Waals surface area contributed by atoms with Crippen LogP contribution < -0.4 is 4.74 Å². The molecule has 2 aliphatic rings. The van der Waals surface area contributed by atoms with Crippen LogP contribution in [-0.2, 0) is 4.74 Å². The van der Waals surface area contributed by atoms with Crippen molar-refractivity contribution < 1.29 is 14.3 Å². The molecule has 5 heteroatoms. The second kappa shape index (κ2) is 8.11. The molecule has 0 radical (unpaired) electrons. The van der Waals surface area contributed by atoms with Crippen molar-refractivity contribution in [2.45, 2.75) is 19.0 Å². The zero-order chi connectivity index (χ0) is 18.6. The summed E-state index contributed by atoms with van der Waals surface area (Å²) in [5.74, 6) is 0.879. The molecule has 0 unspecified atom stereocenters. The third-order valence-corrected chi connectivity index (χ3v) is 5.40. The minimum Gasteiger partial charge on any atom is -0.494 e.